The fourth-order valence-corrected chi connectivity index (χ4v) is 0. The number of carboxylic acid groups (broad SMARTS) is 3. The molecule has 0 aliphatic carbocycles. The number of aliphatic hydroxyl groups excluding tert-OH is 3. The van der Waals surface area contributed by atoms with Crippen LogP contribution < -0.4 is 0 Å². The third kappa shape index (κ3) is 76.7. The van der Waals surface area contributed by atoms with Crippen LogP contribution in [0, 0.1) is 0 Å². The van der Waals surface area contributed by atoms with Gasteiger partial charge in [0.1, 0.15) is 19.8 Å². The van der Waals surface area contributed by atoms with Gasteiger partial charge in [-0.25, -0.2) is 14.4 Å². The zero-order valence-corrected chi connectivity index (χ0v) is 11.2. The van der Waals surface area contributed by atoms with Gasteiger partial charge in [0, 0.05) is 0 Å². The van der Waals surface area contributed by atoms with Crippen molar-refractivity contribution in [2.45, 2.75) is 0 Å². The average molecular weight is 306 g/mol. The third-order valence-corrected chi connectivity index (χ3v) is 0.406. The summed E-state index contributed by atoms with van der Waals surface area (Å²) in [5.41, 5.74) is 0. The second kappa shape index (κ2) is 19.4. The quantitative estimate of drug-likeness (QED) is 0.284. The number of carboxylic acids is 3. The van der Waals surface area contributed by atoms with Crippen LogP contribution in [0.5, 0.6) is 0 Å². The van der Waals surface area contributed by atoms with Crippen molar-refractivity contribution in [3.63, 3.8) is 0 Å². The van der Waals surface area contributed by atoms with Crippen LogP contribution in [0.4, 0.5) is 0 Å². The fraction of sp³-hybridized carbons (Fsp3) is 0.500. The van der Waals surface area contributed by atoms with Crippen molar-refractivity contribution in [2.24, 2.45) is 0 Å². The van der Waals surface area contributed by atoms with Crippen molar-refractivity contribution in [3.05, 3.63) is 0 Å². The van der Waals surface area contributed by atoms with Crippen molar-refractivity contribution in [3.8, 4) is 0 Å². The summed E-state index contributed by atoms with van der Waals surface area (Å²) in [4.78, 5) is 27.4. The van der Waals surface area contributed by atoms with Crippen LogP contribution in [-0.4, -0.2) is 86.3 Å². The molecule has 6 N–H and O–H groups in total. The van der Waals surface area contributed by atoms with Crippen LogP contribution in [0.1, 0.15) is 0 Å². The summed E-state index contributed by atoms with van der Waals surface area (Å²) in [6.45, 7) is -2.33. The Labute approximate surface area is 101 Å². The van der Waals surface area contributed by atoms with E-state index < -0.39 is 37.7 Å². The van der Waals surface area contributed by atoms with E-state index in [2.05, 4.69) is 0 Å². The Hall–Kier alpha value is -1.15. The molecule has 0 heterocycles. The second-order valence-corrected chi connectivity index (χ2v) is 1.66. The van der Waals surface area contributed by atoms with E-state index in [4.69, 9.17) is 45.0 Å². The van der Waals surface area contributed by atoms with Crippen molar-refractivity contribution >= 4 is 35.9 Å². The molecule has 0 amide bonds. The van der Waals surface area contributed by atoms with E-state index in [-0.39, 0.29) is 18.0 Å². The van der Waals surface area contributed by atoms with E-state index in [1.165, 1.54) is 0 Å². The molecular formula is C6H15AsO9. The van der Waals surface area contributed by atoms with E-state index in [0.29, 0.717) is 0 Å². The predicted molar refractivity (Wildman–Crippen MR) is 54.1 cm³/mol. The maximum absolute atomic E-state index is 9.12. The monoisotopic (exact) mass is 306 g/mol. The molecule has 0 saturated carbocycles. The van der Waals surface area contributed by atoms with Crippen molar-refractivity contribution in [1.29, 1.82) is 0 Å². The maximum atomic E-state index is 9.12. The Morgan fingerprint density at radius 3 is 0.688 bits per heavy atom. The molecule has 9 nitrogen and oxygen atoms in total. The van der Waals surface area contributed by atoms with Crippen LogP contribution in [0.15, 0.2) is 0 Å². The number of carbonyl (C=O) groups is 3. The predicted octanol–water partition coefficient (Wildman–Crippen LogP) is -3.99. The van der Waals surface area contributed by atoms with Gasteiger partial charge < -0.3 is 30.6 Å². The zero-order chi connectivity index (χ0) is 12.9. The van der Waals surface area contributed by atoms with Crippen LogP contribution >= 0.6 is 0 Å². The van der Waals surface area contributed by atoms with Gasteiger partial charge in [0.15, 0.2) is 0 Å². The molecule has 0 spiro atoms. The number of hydrogen-bond donors (Lipinski definition) is 6. The first-order valence-electron chi connectivity index (χ1n) is 3.29. The summed E-state index contributed by atoms with van der Waals surface area (Å²) in [5, 5.41) is 45.0. The molecule has 0 saturated heterocycles. The molecule has 10 heteroatoms. The van der Waals surface area contributed by atoms with Gasteiger partial charge >= 0.3 is 35.9 Å². The standard InChI is InChI=1S/3C2H4O3.AsH3/c3*3-1-2(4)5;/h3*3H,1H2,(H,4,5);1H3. The van der Waals surface area contributed by atoms with Crippen LogP contribution in [-0.2, 0) is 14.4 Å². The SMILES string of the molecule is O=C(O)CO.O=C(O)CO.O=C(O)CO.[AsH3]. The van der Waals surface area contributed by atoms with Gasteiger partial charge in [-0.2, -0.15) is 0 Å². The summed E-state index contributed by atoms with van der Waals surface area (Å²) in [7, 11) is 0. The Morgan fingerprint density at radius 1 is 0.625 bits per heavy atom. The van der Waals surface area contributed by atoms with Crippen molar-refractivity contribution in [2.75, 3.05) is 19.8 Å². The van der Waals surface area contributed by atoms with E-state index in [0.717, 1.165) is 0 Å². The molecule has 16 heavy (non-hydrogen) atoms. The molecule has 1 atom stereocenters. The topological polar surface area (TPSA) is 173 Å². The molecule has 0 fully saturated rings. The Balaban J connectivity index is -0.0000000655. The van der Waals surface area contributed by atoms with Gasteiger partial charge in [0.25, 0.3) is 0 Å². The first kappa shape index (κ1) is 24.2. The van der Waals surface area contributed by atoms with E-state index >= 15 is 0 Å². The molecule has 0 rings (SSSR count). The molecule has 0 aromatic carbocycles. The molecule has 0 radical (unpaired) electrons. The molecule has 0 aliphatic heterocycles. The van der Waals surface area contributed by atoms with Crippen LogP contribution in [0.25, 0.3) is 0 Å². The summed E-state index contributed by atoms with van der Waals surface area (Å²) in [6.07, 6.45) is 0. The average Bonchev–Trinajstić information content (AvgIpc) is 2.19. The molecule has 0 aromatic rings. The fourth-order valence-electron chi connectivity index (χ4n) is 0. The summed E-state index contributed by atoms with van der Waals surface area (Å²) in [6, 6.07) is 0. The van der Waals surface area contributed by atoms with E-state index in [9.17, 15) is 0 Å². The minimum absolute atomic E-state index is 0. The Morgan fingerprint density at radius 2 is 0.688 bits per heavy atom. The normalized spacial score (nSPS) is 6.94. The summed E-state index contributed by atoms with van der Waals surface area (Å²) in [5.74, 6) is -3.57. The molecule has 0 bridgehead atoms. The Kier molecular flexibility index (Phi) is 29.4. The third-order valence-electron chi connectivity index (χ3n) is 0.406. The molecule has 0 aliphatic rings. The van der Waals surface area contributed by atoms with Gasteiger partial charge in [-0.05, 0) is 0 Å². The van der Waals surface area contributed by atoms with E-state index in [1.54, 1.807) is 0 Å². The Bertz CT molecular complexity index is 159. The first-order valence-corrected chi connectivity index (χ1v) is 3.29. The van der Waals surface area contributed by atoms with Gasteiger partial charge in [0.05, 0.1) is 0 Å². The number of rotatable bonds is 3. The molecule has 98 valence electrons. The molecular weight excluding hydrogens is 291 g/mol. The van der Waals surface area contributed by atoms with E-state index in [1.807, 2.05) is 0 Å². The first-order chi connectivity index (χ1) is 6.81. The van der Waals surface area contributed by atoms with Crippen LogP contribution in [0.3, 0.4) is 0 Å². The van der Waals surface area contributed by atoms with Gasteiger partial charge in [-0.1, -0.05) is 0 Å². The molecule has 1 unspecified atom stereocenters. The summed E-state index contributed by atoms with van der Waals surface area (Å²) < 4.78 is 0. The van der Waals surface area contributed by atoms with Gasteiger partial charge in [0.2, 0.25) is 0 Å². The molecule has 0 aromatic heterocycles. The summed E-state index contributed by atoms with van der Waals surface area (Å²) >= 11 is 0. The number of hydrogen-bond acceptors (Lipinski definition) is 6. The minimum atomic E-state index is -1.19. The van der Waals surface area contributed by atoms with Gasteiger partial charge in [-0.3, -0.25) is 0 Å². The van der Waals surface area contributed by atoms with Crippen LogP contribution in [0.2, 0.25) is 0 Å². The second-order valence-electron chi connectivity index (χ2n) is 1.66. The van der Waals surface area contributed by atoms with Crippen molar-refractivity contribution < 1.29 is 45.0 Å². The number of aliphatic hydroxyl groups is 3. The number of aliphatic carboxylic acids is 3. The zero-order valence-electron chi connectivity index (χ0n) is 8.24. The van der Waals surface area contributed by atoms with Gasteiger partial charge in [-0.15, -0.1) is 0 Å². The van der Waals surface area contributed by atoms with Crippen molar-refractivity contribution in [1.82, 2.24) is 0 Å².